The number of carbonyl (C=O) groups is 2. The van der Waals surface area contributed by atoms with Crippen LogP contribution in [0.3, 0.4) is 0 Å². The first-order valence-corrected chi connectivity index (χ1v) is 15.0. The third kappa shape index (κ3) is 7.79. The van der Waals surface area contributed by atoms with Crippen molar-refractivity contribution in [2.24, 2.45) is 0 Å². The topological polar surface area (TPSA) is 134 Å². The lowest BCUT2D eigenvalue weighted by molar-refractivity contribution is -0.156. The Bertz CT molecular complexity index is 1500. The zero-order valence-corrected chi connectivity index (χ0v) is 24.8. The molecular formula is C29H35FN6O5S. The van der Waals surface area contributed by atoms with Crippen molar-refractivity contribution in [2.75, 3.05) is 36.0 Å². The molecule has 1 aliphatic rings. The molecule has 1 saturated heterocycles. The number of hydrogen-bond acceptors (Lipinski definition) is 9. The normalized spacial score (nSPS) is 16.5. The predicted octanol–water partition coefficient (Wildman–Crippen LogP) is 2.75. The minimum Gasteiger partial charge on any atom is -0.459 e. The molecule has 13 heteroatoms. The number of hydrogen-bond donors (Lipinski definition) is 2. The molecule has 2 heterocycles. The van der Waals surface area contributed by atoms with E-state index in [9.17, 15) is 18.0 Å². The van der Waals surface area contributed by atoms with Crippen molar-refractivity contribution >= 4 is 33.5 Å². The number of carbonyl (C=O) groups excluding carboxylic acids is 2. The van der Waals surface area contributed by atoms with Gasteiger partial charge in [0.1, 0.15) is 17.5 Å². The highest BCUT2D eigenvalue weighted by molar-refractivity contribution is 7.89. The molecule has 1 unspecified atom stereocenters. The molecule has 1 aliphatic heterocycles. The van der Waals surface area contributed by atoms with Crippen LogP contribution in [0.5, 0.6) is 0 Å². The number of ether oxygens (including phenoxy) is 1. The number of sulfonamides is 1. The van der Waals surface area contributed by atoms with Crippen molar-refractivity contribution < 1.29 is 27.1 Å². The number of nitrogens with zero attached hydrogens (tertiary/aromatic N) is 4. The fourth-order valence-electron chi connectivity index (χ4n) is 4.53. The Labute approximate surface area is 245 Å². The Morgan fingerprint density at radius 3 is 2.38 bits per heavy atom. The SMILES string of the molecule is CC1CN(c2ncccn2)CCN1c1ccc(C(=O)NC[C@H](NS(=O)(=O)c2ccccc2)C(=O)OC(C)(C)C)cc1F. The van der Waals surface area contributed by atoms with Gasteiger partial charge in [0.15, 0.2) is 0 Å². The van der Waals surface area contributed by atoms with Gasteiger partial charge in [-0.05, 0) is 64.1 Å². The second kappa shape index (κ2) is 12.8. The van der Waals surface area contributed by atoms with Gasteiger partial charge in [-0.1, -0.05) is 18.2 Å². The van der Waals surface area contributed by atoms with E-state index in [-0.39, 0.29) is 16.5 Å². The quantitative estimate of drug-likeness (QED) is 0.357. The standard InChI is InChI=1S/C29H35FN6O5S/c1-20-19-35(28-31-13-8-14-32-28)15-16-36(20)25-12-11-21(17-23(25)30)26(37)33-18-24(27(38)41-29(2,3)4)34-42(39,40)22-9-6-5-7-10-22/h5-14,17,20,24,34H,15-16,18-19H2,1-4H3,(H,33,37)/t20?,24-/m0/s1. The van der Waals surface area contributed by atoms with Crippen LogP contribution in [0.25, 0.3) is 0 Å². The average Bonchev–Trinajstić information content (AvgIpc) is 2.95. The van der Waals surface area contributed by atoms with Gasteiger partial charge in [-0.2, -0.15) is 4.72 Å². The minimum atomic E-state index is -4.10. The Hall–Kier alpha value is -4.10. The maximum absolute atomic E-state index is 15.3. The molecule has 42 heavy (non-hydrogen) atoms. The average molecular weight is 599 g/mol. The summed E-state index contributed by atoms with van der Waals surface area (Å²) in [4.78, 5) is 38.3. The van der Waals surface area contributed by atoms with E-state index < -0.39 is 45.9 Å². The molecule has 2 aromatic carbocycles. The van der Waals surface area contributed by atoms with E-state index >= 15 is 4.39 Å². The lowest BCUT2D eigenvalue weighted by Gasteiger charge is -2.41. The van der Waals surface area contributed by atoms with Crippen LogP contribution in [-0.2, 0) is 19.6 Å². The van der Waals surface area contributed by atoms with Gasteiger partial charge in [0.05, 0.1) is 10.6 Å². The van der Waals surface area contributed by atoms with Gasteiger partial charge in [-0.15, -0.1) is 0 Å². The second-order valence-electron chi connectivity index (χ2n) is 10.9. The highest BCUT2D eigenvalue weighted by atomic mass is 32.2. The van der Waals surface area contributed by atoms with E-state index in [2.05, 4.69) is 20.0 Å². The summed E-state index contributed by atoms with van der Waals surface area (Å²) in [5.41, 5.74) is -0.517. The van der Waals surface area contributed by atoms with Gasteiger partial charge in [-0.3, -0.25) is 9.59 Å². The van der Waals surface area contributed by atoms with Crippen LogP contribution < -0.4 is 19.8 Å². The van der Waals surface area contributed by atoms with E-state index in [1.54, 1.807) is 63.5 Å². The van der Waals surface area contributed by atoms with Crippen LogP contribution in [0.15, 0.2) is 71.9 Å². The van der Waals surface area contributed by atoms with Gasteiger partial charge < -0.3 is 19.9 Å². The molecule has 1 aromatic heterocycles. The van der Waals surface area contributed by atoms with Crippen LogP contribution in [0.2, 0.25) is 0 Å². The summed E-state index contributed by atoms with van der Waals surface area (Å²) < 4.78 is 48.8. The predicted molar refractivity (Wildman–Crippen MR) is 156 cm³/mol. The lowest BCUT2D eigenvalue weighted by atomic mass is 10.1. The van der Waals surface area contributed by atoms with Gasteiger partial charge in [0.25, 0.3) is 5.91 Å². The molecule has 3 aromatic rings. The molecular weight excluding hydrogens is 563 g/mol. The Kier molecular flexibility index (Phi) is 9.42. The van der Waals surface area contributed by atoms with Crippen molar-refractivity contribution in [3.8, 4) is 0 Å². The summed E-state index contributed by atoms with van der Waals surface area (Å²) in [6.07, 6.45) is 3.35. The molecule has 0 saturated carbocycles. The number of amides is 1. The van der Waals surface area contributed by atoms with Gasteiger partial charge in [-0.25, -0.2) is 22.8 Å². The number of nitrogens with one attached hydrogen (secondary N) is 2. The van der Waals surface area contributed by atoms with Crippen LogP contribution >= 0.6 is 0 Å². The first-order chi connectivity index (χ1) is 19.8. The molecule has 1 fully saturated rings. The first-order valence-electron chi connectivity index (χ1n) is 13.5. The number of aromatic nitrogens is 2. The van der Waals surface area contributed by atoms with Crippen molar-refractivity contribution in [2.45, 2.75) is 50.3 Å². The summed E-state index contributed by atoms with van der Waals surface area (Å²) in [5, 5.41) is 2.53. The van der Waals surface area contributed by atoms with Crippen molar-refractivity contribution in [1.29, 1.82) is 0 Å². The Morgan fingerprint density at radius 2 is 1.76 bits per heavy atom. The molecule has 0 spiro atoms. The second-order valence-corrected chi connectivity index (χ2v) is 12.6. The third-order valence-corrected chi connectivity index (χ3v) is 7.98. The van der Waals surface area contributed by atoms with Gasteiger partial charge >= 0.3 is 5.97 Å². The molecule has 11 nitrogen and oxygen atoms in total. The summed E-state index contributed by atoms with van der Waals surface area (Å²) in [6, 6.07) is 12.0. The van der Waals surface area contributed by atoms with E-state index in [1.807, 2.05) is 16.7 Å². The Balaban J connectivity index is 1.43. The van der Waals surface area contributed by atoms with E-state index in [1.165, 1.54) is 18.2 Å². The number of rotatable bonds is 9. The molecule has 2 atom stereocenters. The van der Waals surface area contributed by atoms with Crippen LogP contribution in [0.1, 0.15) is 38.1 Å². The summed E-state index contributed by atoms with van der Waals surface area (Å²) >= 11 is 0. The minimum absolute atomic E-state index is 0.0223. The maximum Gasteiger partial charge on any atom is 0.326 e. The summed E-state index contributed by atoms with van der Waals surface area (Å²) in [5.74, 6) is -1.50. The fraction of sp³-hybridized carbons (Fsp3) is 0.379. The van der Waals surface area contributed by atoms with Crippen molar-refractivity contribution in [1.82, 2.24) is 20.0 Å². The fourth-order valence-corrected chi connectivity index (χ4v) is 5.74. The third-order valence-electron chi connectivity index (χ3n) is 6.49. The van der Waals surface area contributed by atoms with Crippen molar-refractivity contribution in [3.05, 3.63) is 78.4 Å². The highest BCUT2D eigenvalue weighted by Crippen LogP contribution is 2.26. The molecule has 0 aliphatic carbocycles. The number of anilines is 2. The monoisotopic (exact) mass is 598 g/mol. The number of piperazine rings is 1. The Morgan fingerprint density at radius 1 is 1.07 bits per heavy atom. The number of benzene rings is 2. The smallest absolute Gasteiger partial charge is 0.326 e. The molecule has 4 rings (SSSR count). The van der Waals surface area contributed by atoms with Crippen molar-refractivity contribution in [3.63, 3.8) is 0 Å². The molecule has 0 bridgehead atoms. The van der Waals surface area contributed by atoms with Gasteiger partial charge in [0.2, 0.25) is 16.0 Å². The van der Waals surface area contributed by atoms with Crippen LogP contribution in [0, 0.1) is 5.82 Å². The zero-order valence-electron chi connectivity index (χ0n) is 24.0. The number of esters is 1. The summed E-state index contributed by atoms with van der Waals surface area (Å²) in [7, 11) is -4.10. The van der Waals surface area contributed by atoms with E-state index in [0.29, 0.717) is 31.3 Å². The van der Waals surface area contributed by atoms with Crippen LogP contribution in [0.4, 0.5) is 16.0 Å². The largest absolute Gasteiger partial charge is 0.459 e. The van der Waals surface area contributed by atoms with E-state index in [4.69, 9.17) is 4.74 Å². The maximum atomic E-state index is 15.3. The van der Waals surface area contributed by atoms with Crippen LogP contribution in [-0.4, -0.2) is 74.1 Å². The summed E-state index contributed by atoms with van der Waals surface area (Å²) in [6.45, 7) is 8.22. The molecule has 0 radical (unpaired) electrons. The molecule has 224 valence electrons. The highest BCUT2D eigenvalue weighted by Gasteiger charge is 2.31. The number of halogens is 1. The first kappa shape index (κ1) is 30.8. The van der Waals surface area contributed by atoms with Gasteiger partial charge in [0, 0.05) is 50.2 Å². The van der Waals surface area contributed by atoms with E-state index in [0.717, 1.165) is 6.07 Å². The molecule has 2 N–H and O–H groups in total. The zero-order chi connectivity index (χ0) is 30.5. The molecule has 1 amide bonds. The lowest BCUT2D eigenvalue weighted by Crippen LogP contribution is -2.53.